The fourth-order valence-corrected chi connectivity index (χ4v) is 5.41. The van der Waals surface area contributed by atoms with E-state index in [-0.39, 0.29) is 5.79 Å². The smallest absolute Gasteiger partial charge is 0.139 e. The Morgan fingerprint density at radius 1 is 0.667 bits per heavy atom. The van der Waals surface area contributed by atoms with Gasteiger partial charge in [0.05, 0.1) is 38.3 Å². The lowest BCUT2D eigenvalue weighted by molar-refractivity contribution is -0.128. The van der Waals surface area contributed by atoms with Gasteiger partial charge >= 0.3 is 0 Å². The highest BCUT2D eigenvalue weighted by molar-refractivity contribution is 5.79. The molecule has 3 aliphatic heterocycles. The van der Waals surface area contributed by atoms with Crippen LogP contribution in [0.1, 0.15) is 98.3 Å². The van der Waals surface area contributed by atoms with Crippen LogP contribution in [0.25, 0.3) is 0 Å². The van der Waals surface area contributed by atoms with Crippen molar-refractivity contribution in [2.45, 2.75) is 122 Å². The van der Waals surface area contributed by atoms with E-state index >= 15 is 0 Å². The Balaban J connectivity index is 0.000000434. The van der Waals surface area contributed by atoms with Gasteiger partial charge in [-0.3, -0.25) is 19.5 Å². The van der Waals surface area contributed by atoms with E-state index in [9.17, 15) is 4.79 Å². The predicted octanol–water partition coefficient (Wildman–Crippen LogP) is 2.57. The monoisotopic (exact) mass is 513 g/mol. The molecule has 0 aliphatic carbocycles. The third kappa shape index (κ3) is 7.95. The van der Waals surface area contributed by atoms with Crippen LogP contribution in [0, 0.1) is 5.41 Å². The van der Waals surface area contributed by atoms with Gasteiger partial charge in [-0.1, -0.05) is 66.2 Å². The van der Waals surface area contributed by atoms with E-state index < -0.39 is 31.8 Å². The van der Waals surface area contributed by atoms with Gasteiger partial charge in [0.2, 0.25) is 0 Å². The van der Waals surface area contributed by atoms with E-state index in [0.29, 0.717) is 30.3 Å². The molecule has 4 N–H and O–H groups in total. The van der Waals surface area contributed by atoms with E-state index in [1.807, 2.05) is 6.92 Å². The van der Waals surface area contributed by atoms with Crippen LogP contribution in [0.5, 0.6) is 0 Å². The lowest BCUT2D eigenvalue weighted by Gasteiger charge is -2.40. The Bertz CT molecular complexity index is 572. The molecule has 3 heterocycles. The number of aliphatic hydroxyl groups excluding tert-OH is 4. The first kappa shape index (κ1) is 31.6. The van der Waals surface area contributed by atoms with Crippen molar-refractivity contribution in [3.63, 3.8) is 0 Å². The molecule has 0 aromatic rings. The minimum absolute atomic E-state index is 0.0810. The van der Waals surface area contributed by atoms with E-state index in [2.05, 4.69) is 35.5 Å². The molecule has 3 aliphatic rings. The summed E-state index contributed by atoms with van der Waals surface area (Å²) in [5.74, 6) is 0.362. The molecule has 0 radical (unpaired) electrons. The van der Waals surface area contributed by atoms with Crippen molar-refractivity contribution in [3.8, 4) is 0 Å². The Kier molecular flexibility index (Phi) is 13.3. The van der Waals surface area contributed by atoms with Crippen LogP contribution in [0.4, 0.5) is 0 Å². The lowest BCUT2D eigenvalue weighted by atomic mass is 9.93. The van der Waals surface area contributed by atoms with Gasteiger partial charge in [-0.15, -0.1) is 0 Å². The van der Waals surface area contributed by atoms with Crippen LogP contribution in [0.2, 0.25) is 0 Å². The number of rotatable bonds is 19. The summed E-state index contributed by atoms with van der Waals surface area (Å²) in [6, 6.07) is 2.11. The number of hydrogen-bond acceptors (Lipinski definition) is 8. The summed E-state index contributed by atoms with van der Waals surface area (Å²) in [5, 5.41) is 34.0. The number of Topliss-reactive ketones (excluding diaryl/α,β-unsaturated/α-hetero) is 1. The highest BCUT2D eigenvalue weighted by atomic mass is 16.3. The highest BCUT2D eigenvalue weighted by Crippen LogP contribution is 2.51. The first-order chi connectivity index (χ1) is 17.4. The molecule has 3 fully saturated rings. The summed E-state index contributed by atoms with van der Waals surface area (Å²) in [7, 11) is 0. The van der Waals surface area contributed by atoms with Gasteiger partial charge < -0.3 is 20.4 Å². The summed E-state index contributed by atoms with van der Waals surface area (Å²) in [6.45, 7) is 10.9. The molecule has 212 valence electrons. The van der Waals surface area contributed by atoms with E-state index in [4.69, 9.17) is 20.4 Å². The first-order valence-electron chi connectivity index (χ1n) is 14.6. The van der Waals surface area contributed by atoms with Crippen molar-refractivity contribution in [1.82, 2.24) is 14.7 Å². The SMILES string of the molecule is CCCCC1CN1C(CC(=O)CC)(N1CC1CCCC)N1CC1CCCC.OCC(CO)(CO)CO. The zero-order valence-corrected chi connectivity index (χ0v) is 23.5. The molecule has 0 aromatic carbocycles. The summed E-state index contributed by atoms with van der Waals surface area (Å²) >= 11 is 0. The van der Waals surface area contributed by atoms with Crippen molar-refractivity contribution < 1.29 is 25.2 Å². The molecule has 0 saturated carbocycles. The van der Waals surface area contributed by atoms with Crippen LogP contribution < -0.4 is 0 Å². The third-order valence-corrected chi connectivity index (χ3v) is 8.37. The topological polar surface area (TPSA) is 107 Å². The summed E-state index contributed by atoms with van der Waals surface area (Å²) < 4.78 is 0. The molecule has 36 heavy (non-hydrogen) atoms. The molecule has 0 bridgehead atoms. The van der Waals surface area contributed by atoms with Crippen molar-refractivity contribution >= 4 is 5.78 Å². The average molecular weight is 514 g/mol. The maximum Gasteiger partial charge on any atom is 0.139 e. The molecule has 0 amide bonds. The molecule has 3 rings (SSSR count). The molecule has 0 spiro atoms. The summed E-state index contributed by atoms with van der Waals surface area (Å²) in [5.41, 5.74) is -1.11. The lowest BCUT2D eigenvalue weighted by Crippen LogP contribution is -2.56. The van der Waals surface area contributed by atoms with Crippen LogP contribution in [0.3, 0.4) is 0 Å². The van der Waals surface area contributed by atoms with E-state index in [0.717, 1.165) is 6.42 Å². The Morgan fingerprint density at radius 2 is 1.00 bits per heavy atom. The zero-order valence-electron chi connectivity index (χ0n) is 23.5. The van der Waals surface area contributed by atoms with Crippen LogP contribution in [-0.4, -0.2) is 111 Å². The minimum Gasteiger partial charge on any atom is -0.396 e. The molecule has 6 atom stereocenters. The van der Waals surface area contributed by atoms with Gasteiger partial charge in [0.1, 0.15) is 11.6 Å². The predicted molar refractivity (Wildman–Crippen MR) is 143 cm³/mol. The van der Waals surface area contributed by atoms with Gasteiger partial charge in [-0.05, 0) is 19.3 Å². The molecule has 6 unspecified atom stereocenters. The quantitative estimate of drug-likeness (QED) is 0.195. The molecule has 3 saturated heterocycles. The Labute approximate surface area is 219 Å². The molecule has 8 heteroatoms. The standard InChI is InChI=1S/C23H43N3O.C5H12O4/c1-5-9-12-19-16-24(19)23(15-22(27)8-4,25-17-20(25)13-10-6-2)26-18-21(26)14-11-7-3;6-1-5(2-7,3-8)4-9/h19-21H,5-18H2,1-4H3;6-9H,1-4H2. The Hall–Kier alpha value is -0.610. The van der Waals surface area contributed by atoms with Crippen molar-refractivity contribution in [2.75, 3.05) is 46.1 Å². The second-order valence-electron chi connectivity index (χ2n) is 11.3. The van der Waals surface area contributed by atoms with E-state index in [1.54, 1.807) is 0 Å². The van der Waals surface area contributed by atoms with Crippen molar-refractivity contribution in [3.05, 3.63) is 0 Å². The van der Waals surface area contributed by atoms with Gasteiger partial charge in [0.15, 0.2) is 0 Å². The van der Waals surface area contributed by atoms with Gasteiger partial charge in [0, 0.05) is 44.2 Å². The number of carbonyl (C=O) groups excluding carboxylic acids is 1. The Morgan fingerprint density at radius 3 is 1.22 bits per heavy atom. The number of aliphatic hydroxyl groups is 4. The number of ketones is 1. The van der Waals surface area contributed by atoms with Gasteiger partial charge in [-0.25, -0.2) is 0 Å². The molecular formula is C28H55N3O5. The van der Waals surface area contributed by atoms with E-state index in [1.165, 1.54) is 77.4 Å². The number of carbonyl (C=O) groups is 1. The minimum atomic E-state index is -1.11. The van der Waals surface area contributed by atoms with Crippen LogP contribution >= 0.6 is 0 Å². The van der Waals surface area contributed by atoms with Crippen molar-refractivity contribution in [1.29, 1.82) is 0 Å². The second-order valence-corrected chi connectivity index (χ2v) is 11.3. The second kappa shape index (κ2) is 15.1. The number of hydrogen-bond donors (Lipinski definition) is 4. The average Bonchev–Trinajstić information content (AvgIpc) is 3.79. The van der Waals surface area contributed by atoms with Gasteiger partial charge in [0.25, 0.3) is 0 Å². The molecule has 8 nitrogen and oxygen atoms in total. The molecular weight excluding hydrogens is 458 g/mol. The third-order valence-electron chi connectivity index (χ3n) is 8.37. The maximum atomic E-state index is 12.7. The maximum absolute atomic E-state index is 12.7. The summed E-state index contributed by atoms with van der Waals surface area (Å²) in [4.78, 5) is 20.9. The molecule has 0 aromatic heterocycles. The zero-order chi connectivity index (χ0) is 26.8. The van der Waals surface area contributed by atoms with Crippen LogP contribution in [0.15, 0.2) is 0 Å². The largest absolute Gasteiger partial charge is 0.396 e. The number of unbranched alkanes of at least 4 members (excludes halogenated alkanes) is 3. The summed E-state index contributed by atoms with van der Waals surface area (Å²) in [6.07, 6.45) is 13.1. The fourth-order valence-electron chi connectivity index (χ4n) is 5.41. The normalized spacial score (nSPS) is 30.2. The fraction of sp³-hybridized carbons (Fsp3) is 0.964. The van der Waals surface area contributed by atoms with Crippen molar-refractivity contribution in [2.24, 2.45) is 5.41 Å². The number of nitrogens with zero attached hydrogens (tertiary/aromatic N) is 3. The highest BCUT2D eigenvalue weighted by Gasteiger charge is 2.66. The van der Waals surface area contributed by atoms with Crippen LogP contribution in [-0.2, 0) is 4.79 Å². The van der Waals surface area contributed by atoms with Gasteiger partial charge in [-0.2, -0.15) is 0 Å². The first-order valence-corrected chi connectivity index (χ1v) is 14.6.